The SMILES string of the molecule is CC(C)(C)OC(=O)NCc1nccc(OC(C)(C)C)n1. The van der Waals surface area contributed by atoms with Gasteiger partial charge in [-0.25, -0.2) is 9.78 Å². The number of carbonyl (C=O) groups excluding carboxylic acids is 1. The number of hydrogen-bond donors (Lipinski definition) is 1. The van der Waals surface area contributed by atoms with Gasteiger partial charge in [0, 0.05) is 12.3 Å². The Morgan fingerprint density at radius 1 is 1.20 bits per heavy atom. The average molecular weight is 281 g/mol. The lowest BCUT2D eigenvalue weighted by atomic mass is 10.2. The Morgan fingerprint density at radius 2 is 1.85 bits per heavy atom. The van der Waals surface area contributed by atoms with E-state index in [0.717, 1.165) is 0 Å². The third-order valence-electron chi connectivity index (χ3n) is 1.88. The molecular formula is C14H23N3O3. The summed E-state index contributed by atoms with van der Waals surface area (Å²) in [6.45, 7) is 11.4. The molecule has 1 heterocycles. The van der Waals surface area contributed by atoms with Crippen molar-refractivity contribution in [2.75, 3.05) is 0 Å². The number of alkyl carbamates (subject to hydrolysis) is 1. The van der Waals surface area contributed by atoms with Gasteiger partial charge in [-0.15, -0.1) is 0 Å². The zero-order chi connectivity index (χ0) is 15.4. The minimum Gasteiger partial charge on any atom is -0.472 e. The van der Waals surface area contributed by atoms with Crippen LogP contribution < -0.4 is 10.1 Å². The number of nitrogens with zero attached hydrogens (tertiary/aromatic N) is 2. The molecule has 0 aliphatic heterocycles. The Hall–Kier alpha value is -1.85. The van der Waals surface area contributed by atoms with Crippen molar-refractivity contribution in [2.24, 2.45) is 0 Å². The van der Waals surface area contributed by atoms with Crippen molar-refractivity contribution in [1.82, 2.24) is 15.3 Å². The summed E-state index contributed by atoms with van der Waals surface area (Å²) in [5, 5.41) is 2.60. The van der Waals surface area contributed by atoms with Crippen LogP contribution in [0.5, 0.6) is 5.88 Å². The smallest absolute Gasteiger partial charge is 0.408 e. The van der Waals surface area contributed by atoms with Crippen LogP contribution in [-0.4, -0.2) is 27.3 Å². The summed E-state index contributed by atoms with van der Waals surface area (Å²) < 4.78 is 10.8. The lowest BCUT2D eigenvalue weighted by molar-refractivity contribution is 0.0521. The summed E-state index contributed by atoms with van der Waals surface area (Å²) in [5.41, 5.74) is -0.855. The van der Waals surface area contributed by atoms with Crippen LogP contribution >= 0.6 is 0 Å². The van der Waals surface area contributed by atoms with Crippen molar-refractivity contribution in [3.8, 4) is 5.88 Å². The van der Waals surface area contributed by atoms with Gasteiger partial charge in [0.15, 0.2) is 5.82 Å². The molecule has 1 N–H and O–H groups in total. The van der Waals surface area contributed by atoms with E-state index in [1.807, 2.05) is 20.8 Å². The first-order valence-electron chi connectivity index (χ1n) is 6.53. The molecule has 6 heteroatoms. The molecule has 1 aromatic heterocycles. The Bertz CT molecular complexity index is 461. The number of hydrogen-bond acceptors (Lipinski definition) is 5. The Kier molecular flexibility index (Phi) is 4.92. The van der Waals surface area contributed by atoms with E-state index >= 15 is 0 Å². The molecule has 20 heavy (non-hydrogen) atoms. The predicted molar refractivity (Wildman–Crippen MR) is 75.5 cm³/mol. The standard InChI is InChI=1S/C14H23N3O3/c1-13(2,3)19-11-7-8-15-10(17-11)9-16-12(18)20-14(4,5)6/h7-8H,9H2,1-6H3,(H,16,18). The normalized spacial score (nSPS) is 11.9. The molecule has 0 radical (unpaired) electrons. The molecular weight excluding hydrogens is 258 g/mol. The maximum Gasteiger partial charge on any atom is 0.408 e. The molecule has 0 atom stereocenters. The van der Waals surface area contributed by atoms with Crippen LogP contribution in [0.15, 0.2) is 12.3 Å². The van der Waals surface area contributed by atoms with Gasteiger partial charge in [0.2, 0.25) is 5.88 Å². The predicted octanol–water partition coefficient (Wildman–Crippen LogP) is 2.68. The summed E-state index contributed by atoms with van der Waals surface area (Å²) in [4.78, 5) is 19.8. The Labute approximate surface area is 119 Å². The van der Waals surface area contributed by atoms with E-state index in [4.69, 9.17) is 9.47 Å². The van der Waals surface area contributed by atoms with Gasteiger partial charge in [-0.05, 0) is 41.5 Å². The molecule has 0 aliphatic carbocycles. The van der Waals surface area contributed by atoms with E-state index in [9.17, 15) is 4.79 Å². The van der Waals surface area contributed by atoms with Crippen LogP contribution in [0.2, 0.25) is 0 Å². The molecule has 1 rings (SSSR count). The van der Waals surface area contributed by atoms with Crippen LogP contribution in [0.4, 0.5) is 4.79 Å². The van der Waals surface area contributed by atoms with E-state index in [1.165, 1.54) is 0 Å². The number of ether oxygens (including phenoxy) is 2. The number of aromatic nitrogens is 2. The summed E-state index contributed by atoms with van der Waals surface area (Å²) in [6.07, 6.45) is 1.10. The van der Waals surface area contributed by atoms with Gasteiger partial charge >= 0.3 is 6.09 Å². The van der Waals surface area contributed by atoms with Gasteiger partial charge in [0.1, 0.15) is 11.2 Å². The summed E-state index contributed by atoms with van der Waals surface area (Å²) in [5.74, 6) is 0.950. The molecule has 0 spiro atoms. The molecule has 0 aromatic carbocycles. The molecule has 0 aliphatic rings. The topological polar surface area (TPSA) is 73.3 Å². The molecule has 0 saturated carbocycles. The fourth-order valence-electron chi connectivity index (χ4n) is 1.30. The van der Waals surface area contributed by atoms with Crippen molar-refractivity contribution >= 4 is 6.09 Å². The summed E-state index contributed by atoms with van der Waals surface area (Å²) in [6, 6.07) is 1.68. The van der Waals surface area contributed by atoms with Gasteiger partial charge in [-0.2, -0.15) is 4.98 Å². The van der Waals surface area contributed by atoms with Crippen LogP contribution in [-0.2, 0) is 11.3 Å². The lowest BCUT2D eigenvalue weighted by Crippen LogP contribution is -2.32. The largest absolute Gasteiger partial charge is 0.472 e. The van der Waals surface area contributed by atoms with Crippen molar-refractivity contribution in [1.29, 1.82) is 0 Å². The van der Waals surface area contributed by atoms with E-state index in [-0.39, 0.29) is 12.1 Å². The second-order valence-corrected chi connectivity index (χ2v) is 6.38. The first-order chi connectivity index (χ1) is 9.05. The van der Waals surface area contributed by atoms with Crippen molar-refractivity contribution < 1.29 is 14.3 Å². The second-order valence-electron chi connectivity index (χ2n) is 6.38. The molecule has 112 valence electrons. The fraction of sp³-hybridized carbons (Fsp3) is 0.643. The number of nitrogens with one attached hydrogen (secondary N) is 1. The third-order valence-corrected chi connectivity index (χ3v) is 1.88. The van der Waals surface area contributed by atoms with Crippen molar-refractivity contribution in [3.63, 3.8) is 0 Å². The van der Waals surface area contributed by atoms with Crippen LogP contribution in [0.25, 0.3) is 0 Å². The van der Waals surface area contributed by atoms with Crippen molar-refractivity contribution in [2.45, 2.75) is 59.3 Å². The molecule has 0 fully saturated rings. The van der Waals surface area contributed by atoms with Gasteiger partial charge in [0.25, 0.3) is 0 Å². The van der Waals surface area contributed by atoms with Crippen LogP contribution in [0.1, 0.15) is 47.4 Å². The summed E-state index contributed by atoms with van der Waals surface area (Å²) in [7, 11) is 0. The quantitative estimate of drug-likeness (QED) is 0.922. The third kappa shape index (κ3) is 6.92. The zero-order valence-electron chi connectivity index (χ0n) is 13.0. The molecule has 6 nitrogen and oxygen atoms in total. The number of carbonyl (C=O) groups is 1. The fourth-order valence-corrected chi connectivity index (χ4v) is 1.30. The molecule has 1 amide bonds. The lowest BCUT2D eigenvalue weighted by Gasteiger charge is -2.21. The highest BCUT2D eigenvalue weighted by molar-refractivity contribution is 5.67. The molecule has 0 saturated heterocycles. The van der Waals surface area contributed by atoms with Gasteiger partial charge in [-0.1, -0.05) is 0 Å². The van der Waals surface area contributed by atoms with Gasteiger partial charge < -0.3 is 14.8 Å². The van der Waals surface area contributed by atoms with Gasteiger partial charge in [-0.3, -0.25) is 0 Å². The van der Waals surface area contributed by atoms with Crippen LogP contribution in [0.3, 0.4) is 0 Å². The second kappa shape index (κ2) is 6.07. The van der Waals surface area contributed by atoms with Crippen molar-refractivity contribution in [3.05, 3.63) is 18.1 Å². The van der Waals surface area contributed by atoms with E-state index < -0.39 is 11.7 Å². The van der Waals surface area contributed by atoms with Gasteiger partial charge in [0.05, 0.1) is 6.54 Å². The number of amides is 1. The monoisotopic (exact) mass is 281 g/mol. The average Bonchev–Trinajstić information content (AvgIpc) is 2.22. The van der Waals surface area contributed by atoms with Crippen LogP contribution in [0, 0.1) is 0 Å². The summed E-state index contributed by atoms with van der Waals surface area (Å²) >= 11 is 0. The Balaban J connectivity index is 2.57. The zero-order valence-corrected chi connectivity index (χ0v) is 13.0. The maximum atomic E-state index is 11.5. The Morgan fingerprint density at radius 3 is 2.40 bits per heavy atom. The minimum atomic E-state index is -0.526. The van der Waals surface area contributed by atoms with E-state index in [0.29, 0.717) is 11.7 Å². The first kappa shape index (κ1) is 16.2. The highest BCUT2D eigenvalue weighted by atomic mass is 16.6. The van der Waals surface area contributed by atoms with E-state index in [2.05, 4.69) is 15.3 Å². The molecule has 0 unspecified atom stereocenters. The minimum absolute atomic E-state index is 0.191. The molecule has 1 aromatic rings. The molecule has 0 bridgehead atoms. The number of rotatable bonds is 3. The van der Waals surface area contributed by atoms with E-state index in [1.54, 1.807) is 33.0 Å². The maximum absolute atomic E-state index is 11.5. The highest BCUT2D eigenvalue weighted by Crippen LogP contribution is 2.14. The first-order valence-corrected chi connectivity index (χ1v) is 6.53. The highest BCUT2D eigenvalue weighted by Gasteiger charge is 2.16.